The molecule has 0 aliphatic heterocycles. The Morgan fingerprint density at radius 3 is 2.73 bits per heavy atom. The van der Waals surface area contributed by atoms with E-state index < -0.39 is 0 Å². The second-order valence-electron chi connectivity index (χ2n) is 3.71. The summed E-state index contributed by atoms with van der Waals surface area (Å²) in [7, 11) is 0. The Kier molecular flexibility index (Phi) is 3.15. The molecule has 3 heteroatoms. The Morgan fingerprint density at radius 2 is 2.07 bits per heavy atom. The second kappa shape index (κ2) is 4.75. The Labute approximate surface area is 89.6 Å². The average molecular weight is 201 g/mol. The van der Waals surface area contributed by atoms with E-state index in [-0.39, 0.29) is 6.04 Å². The first-order valence-corrected chi connectivity index (χ1v) is 5.10. The van der Waals surface area contributed by atoms with Gasteiger partial charge in [-0.25, -0.2) is 4.98 Å². The van der Waals surface area contributed by atoms with Gasteiger partial charge in [0, 0.05) is 25.0 Å². The summed E-state index contributed by atoms with van der Waals surface area (Å²) in [5, 5.41) is 0. The molecule has 0 fully saturated rings. The van der Waals surface area contributed by atoms with Crippen LogP contribution in [0.3, 0.4) is 0 Å². The fraction of sp³-hybridized carbons (Fsp3) is 0.250. The Bertz CT molecular complexity index is 381. The van der Waals surface area contributed by atoms with Crippen molar-refractivity contribution >= 4 is 0 Å². The number of hydrogen-bond acceptors (Lipinski definition) is 2. The van der Waals surface area contributed by atoms with Crippen LogP contribution in [0.5, 0.6) is 0 Å². The fourth-order valence-corrected chi connectivity index (χ4v) is 1.65. The first kappa shape index (κ1) is 9.93. The lowest BCUT2D eigenvalue weighted by Crippen LogP contribution is -2.28. The standard InChI is InChI=1S/C12H15N3/c13-12(9-15-7-6-14-10-15)8-11-4-2-1-3-5-11/h1-7,10,12H,8-9,13H2/t12-/m0/s1. The number of hydrogen-bond donors (Lipinski definition) is 1. The smallest absolute Gasteiger partial charge is 0.0946 e. The van der Waals surface area contributed by atoms with Gasteiger partial charge in [-0.1, -0.05) is 30.3 Å². The number of imidazole rings is 1. The van der Waals surface area contributed by atoms with Gasteiger partial charge in [-0.05, 0) is 12.0 Å². The van der Waals surface area contributed by atoms with Gasteiger partial charge in [0.1, 0.15) is 0 Å². The molecule has 0 saturated carbocycles. The number of nitrogens with two attached hydrogens (primary N) is 1. The van der Waals surface area contributed by atoms with Crippen LogP contribution >= 0.6 is 0 Å². The molecule has 0 spiro atoms. The molecule has 0 unspecified atom stereocenters. The van der Waals surface area contributed by atoms with Gasteiger partial charge in [-0.15, -0.1) is 0 Å². The molecule has 2 aromatic rings. The summed E-state index contributed by atoms with van der Waals surface area (Å²) in [6.45, 7) is 0.814. The van der Waals surface area contributed by atoms with Crippen molar-refractivity contribution in [2.75, 3.05) is 0 Å². The van der Waals surface area contributed by atoms with Crippen LogP contribution in [0.15, 0.2) is 49.1 Å². The van der Waals surface area contributed by atoms with E-state index in [0.29, 0.717) is 0 Å². The molecule has 0 saturated heterocycles. The van der Waals surface area contributed by atoms with Crippen LogP contribution in [0.25, 0.3) is 0 Å². The molecule has 1 aromatic heterocycles. The molecule has 2 rings (SSSR count). The first-order chi connectivity index (χ1) is 7.34. The highest BCUT2D eigenvalue weighted by molar-refractivity contribution is 5.15. The molecule has 1 aromatic carbocycles. The van der Waals surface area contributed by atoms with Crippen molar-refractivity contribution in [1.29, 1.82) is 0 Å². The monoisotopic (exact) mass is 201 g/mol. The van der Waals surface area contributed by atoms with E-state index in [1.165, 1.54) is 5.56 Å². The van der Waals surface area contributed by atoms with Crippen LogP contribution in [0.4, 0.5) is 0 Å². The number of benzene rings is 1. The van der Waals surface area contributed by atoms with E-state index in [1.54, 1.807) is 12.5 Å². The molecular weight excluding hydrogens is 186 g/mol. The summed E-state index contributed by atoms with van der Waals surface area (Å²) in [5.41, 5.74) is 7.33. The van der Waals surface area contributed by atoms with E-state index >= 15 is 0 Å². The van der Waals surface area contributed by atoms with Crippen molar-refractivity contribution in [2.24, 2.45) is 5.73 Å². The first-order valence-electron chi connectivity index (χ1n) is 5.10. The summed E-state index contributed by atoms with van der Waals surface area (Å²) in [6, 6.07) is 10.5. The summed E-state index contributed by atoms with van der Waals surface area (Å²) in [5.74, 6) is 0. The molecule has 2 N–H and O–H groups in total. The lowest BCUT2D eigenvalue weighted by molar-refractivity contribution is 0.549. The van der Waals surface area contributed by atoms with Crippen molar-refractivity contribution in [1.82, 2.24) is 9.55 Å². The zero-order valence-corrected chi connectivity index (χ0v) is 8.58. The maximum absolute atomic E-state index is 6.05. The van der Waals surface area contributed by atoms with Crippen molar-refractivity contribution < 1.29 is 0 Å². The molecule has 15 heavy (non-hydrogen) atoms. The lowest BCUT2D eigenvalue weighted by atomic mass is 10.1. The molecule has 0 aliphatic carbocycles. The molecule has 0 aliphatic rings. The molecule has 0 amide bonds. The highest BCUT2D eigenvalue weighted by Gasteiger charge is 2.04. The minimum Gasteiger partial charge on any atom is -0.336 e. The quantitative estimate of drug-likeness (QED) is 0.813. The third kappa shape index (κ3) is 2.92. The highest BCUT2D eigenvalue weighted by atomic mass is 15.0. The van der Waals surface area contributed by atoms with Crippen LogP contribution in [0.1, 0.15) is 5.56 Å². The van der Waals surface area contributed by atoms with Crippen molar-refractivity contribution in [2.45, 2.75) is 19.0 Å². The minimum absolute atomic E-state index is 0.140. The van der Waals surface area contributed by atoms with Gasteiger partial charge in [-0.3, -0.25) is 0 Å². The fourth-order valence-electron chi connectivity index (χ4n) is 1.65. The predicted octanol–water partition coefficient (Wildman–Crippen LogP) is 1.45. The average Bonchev–Trinajstić information content (AvgIpc) is 2.71. The predicted molar refractivity (Wildman–Crippen MR) is 60.3 cm³/mol. The largest absolute Gasteiger partial charge is 0.336 e. The Balaban J connectivity index is 1.90. The topological polar surface area (TPSA) is 43.8 Å². The van der Waals surface area contributed by atoms with Gasteiger partial charge in [0.2, 0.25) is 0 Å². The number of aromatic nitrogens is 2. The zero-order chi connectivity index (χ0) is 10.5. The lowest BCUT2D eigenvalue weighted by Gasteiger charge is -2.11. The van der Waals surface area contributed by atoms with Crippen LogP contribution in [-0.2, 0) is 13.0 Å². The van der Waals surface area contributed by atoms with Gasteiger partial charge in [0.05, 0.1) is 6.33 Å². The van der Waals surface area contributed by atoms with Gasteiger partial charge >= 0.3 is 0 Å². The number of rotatable bonds is 4. The van der Waals surface area contributed by atoms with Crippen LogP contribution < -0.4 is 5.73 Å². The van der Waals surface area contributed by atoms with Crippen LogP contribution in [-0.4, -0.2) is 15.6 Å². The maximum atomic E-state index is 6.05. The molecule has 0 bridgehead atoms. The van der Waals surface area contributed by atoms with Gasteiger partial charge in [0.15, 0.2) is 0 Å². The Hall–Kier alpha value is -1.61. The summed E-state index contributed by atoms with van der Waals surface area (Å²) in [6.07, 6.45) is 6.41. The molecule has 1 heterocycles. The van der Waals surface area contributed by atoms with Gasteiger partial charge < -0.3 is 10.3 Å². The zero-order valence-electron chi connectivity index (χ0n) is 8.58. The second-order valence-corrected chi connectivity index (χ2v) is 3.71. The van der Waals surface area contributed by atoms with E-state index in [2.05, 4.69) is 17.1 Å². The normalized spacial score (nSPS) is 12.6. The summed E-state index contributed by atoms with van der Waals surface area (Å²) >= 11 is 0. The van der Waals surface area contributed by atoms with Crippen molar-refractivity contribution in [3.05, 3.63) is 54.6 Å². The molecule has 3 nitrogen and oxygen atoms in total. The SMILES string of the molecule is N[C@@H](Cc1ccccc1)Cn1ccnc1. The molecule has 1 atom stereocenters. The summed E-state index contributed by atoms with van der Waals surface area (Å²) in [4.78, 5) is 3.99. The molecule has 78 valence electrons. The van der Waals surface area contributed by atoms with Gasteiger partial charge in [0.25, 0.3) is 0 Å². The van der Waals surface area contributed by atoms with Crippen LogP contribution in [0, 0.1) is 0 Å². The third-order valence-corrected chi connectivity index (χ3v) is 2.35. The van der Waals surface area contributed by atoms with E-state index in [4.69, 9.17) is 5.73 Å². The number of nitrogens with zero attached hydrogens (tertiary/aromatic N) is 2. The van der Waals surface area contributed by atoms with E-state index in [9.17, 15) is 0 Å². The van der Waals surface area contributed by atoms with E-state index in [1.807, 2.05) is 29.0 Å². The van der Waals surface area contributed by atoms with E-state index in [0.717, 1.165) is 13.0 Å². The molecular formula is C12H15N3. The highest BCUT2D eigenvalue weighted by Crippen LogP contribution is 2.03. The minimum atomic E-state index is 0.140. The maximum Gasteiger partial charge on any atom is 0.0946 e. The Morgan fingerprint density at radius 1 is 1.27 bits per heavy atom. The summed E-state index contributed by atoms with van der Waals surface area (Å²) < 4.78 is 2.01. The molecule has 0 radical (unpaired) electrons. The van der Waals surface area contributed by atoms with Crippen molar-refractivity contribution in [3.8, 4) is 0 Å². The third-order valence-electron chi connectivity index (χ3n) is 2.35. The van der Waals surface area contributed by atoms with Crippen LogP contribution in [0.2, 0.25) is 0 Å². The van der Waals surface area contributed by atoms with Gasteiger partial charge in [-0.2, -0.15) is 0 Å². The van der Waals surface area contributed by atoms with Crippen molar-refractivity contribution in [3.63, 3.8) is 0 Å².